The van der Waals surface area contributed by atoms with Crippen LogP contribution in [0, 0.1) is 5.41 Å². The summed E-state index contributed by atoms with van der Waals surface area (Å²) in [6, 6.07) is -0.780. The average molecular weight is 172 g/mol. The minimum atomic E-state index is -0.971. The van der Waals surface area contributed by atoms with E-state index in [9.17, 15) is 4.79 Å². The first-order valence-electron chi connectivity index (χ1n) is 3.81. The largest absolute Gasteiger partial charge is 0.480 e. The van der Waals surface area contributed by atoms with Gasteiger partial charge in [-0.2, -0.15) is 0 Å². The fraction of sp³-hybridized carbons (Fsp3) is 0.667. The van der Waals surface area contributed by atoms with Gasteiger partial charge in [0.25, 0.3) is 0 Å². The zero-order chi connectivity index (χ0) is 9.56. The Labute approximate surface area is 72.2 Å². The van der Waals surface area contributed by atoms with Crippen molar-refractivity contribution in [1.82, 2.24) is 5.32 Å². The third-order valence-corrected chi connectivity index (χ3v) is 1.40. The lowest BCUT2D eigenvalue weighted by molar-refractivity contribution is -0.138. The van der Waals surface area contributed by atoms with Crippen molar-refractivity contribution in [2.45, 2.75) is 18.9 Å². The molecule has 0 aromatic rings. The van der Waals surface area contributed by atoms with Crippen molar-refractivity contribution < 1.29 is 9.90 Å². The van der Waals surface area contributed by atoms with E-state index in [-0.39, 0.29) is 0 Å². The molecule has 0 saturated heterocycles. The highest BCUT2D eigenvalue weighted by Gasteiger charge is 2.09. The van der Waals surface area contributed by atoms with Gasteiger partial charge in [0.2, 0.25) is 0 Å². The van der Waals surface area contributed by atoms with Gasteiger partial charge in [-0.15, -0.1) is 0 Å². The first-order valence-corrected chi connectivity index (χ1v) is 3.81. The maximum absolute atomic E-state index is 10.2. The van der Waals surface area contributed by atoms with Crippen LogP contribution in [0.15, 0.2) is 0 Å². The van der Waals surface area contributed by atoms with Crippen LogP contribution in [-0.4, -0.2) is 37.2 Å². The molecule has 0 aliphatic rings. The lowest BCUT2D eigenvalue weighted by atomic mass is 10.1. The van der Waals surface area contributed by atoms with Crippen molar-refractivity contribution in [2.24, 2.45) is 5.73 Å². The Morgan fingerprint density at radius 3 is 2.75 bits per heavy atom. The summed E-state index contributed by atoms with van der Waals surface area (Å²) in [6.45, 7) is 0.607. The number of nitrogens with one attached hydrogen (secondary N) is 2. The van der Waals surface area contributed by atoms with Gasteiger partial charge in [0.1, 0.15) is 6.04 Å². The van der Waals surface area contributed by atoms with Gasteiger partial charge in [-0.3, -0.25) is 10.2 Å². The Morgan fingerprint density at radius 1 is 1.75 bits per heavy atom. The summed E-state index contributed by atoms with van der Waals surface area (Å²) >= 11 is 0. The van der Waals surface area contributed by atoms with Crippen LogP contribution in [0.25, 0.3) is 0 Å². The number of hydrogen-bond acceptors (Lipinski definition) is 3. The molecule has 1 atom stereocenters. The summed E-state index contributed by atoms with van der Waals surface area (Å²) < 4.78 is 0. The van der Waals surface area contributed by atoms with Crippen LogP contribution in [0.3, 0.4) is 0 Å². The van der Waals surface area contributed by atoms with Gasteiger partial charge in [-0.25, -0.2) is 0 Å². The standard InChI is InChI=1S/C6H14BN3O2/c7-6(9)10-3-1-2-4(8)5(11)12/h4H,1-3,7-8H2,(H2,9,10)(H,11,12)/t4-/m0/s1/i3+1. The Balaban J connectivity index is 3.31. The van der Waals surface area contributed by atoms with Crippen molar-refractivity contribution in [3.8, 4) is 0 Å². The van der Waals surface area contributed by atoms with Crippen LogP contribution >= 0.6 is 0 Å². The van der Waals surface area contributed by atoms with E-state index in [0.717, 1.165) is 0 Å². The maximum atomic E-state index is 10.2. The number of hydrogen-bond donors (Lipinski definition) is 4. The van der Waals surface area contributed by atoms with Crippen LogP contribution in [0.2, 0.25) is 0 Å². The zero-order valence-corrected chi connectivity index (χ0v) is 7.13. The molecule has 0 unspecified atom stereocenters. The van der Waals surface area contributed by atoms with Crippen LogP contribution in [0.4, 0.5) is 0 Å². The summed E-state index contributed by atoms with van der Waals surface area (Å²) in [6.07, 6.45) is 1.11. The number of nitrogens with two attached hydrogens (primary N) is 1. The monoisotopic (exact) mass is 172 g/mol. The molecule has 0 bridgehead atoms. The highest BCUT2D eigenvalue weighted by molar-refractivity contribution is 6.57. The van der Waals surface area contributed by atoms with E-state index in [1.807, 2.05) is 0 Å². The highest BCUT2D eigenvalue weighted by atomic mass is 16.4. The fourth-order valence-electron chi connectivity index (χ4n) is 0.721. The summed E-state index contributed by atoms with van der Waals surface area (Å²) in [5, 5.41) is 18.2. The molecule has 0 aromatic heterocycles. The minimum Gasteiger partial charge on any atom is -0.480 e. The van der Waals surface area contributed by atoms with Gasteiger partial charge in [0.05, 0.1) is 0 Å². The van der Waals surface area contributed by atoms with E-state index in [4.69, 9.17) is 16.2 Å². The molecule has 0 saturated carbocycles. The molecule has 0 amide bonds. The molecule has 0 heterocycles. The average Bonchev–Trinajstić information content (AvgIpc) is 1.97. The first kappa shape index (κ1) is 11.0. The number of carboxylic acids is 1. The maximum Gasteiger partial charge on any atom is 0.320 e. The molecule has 12 heavy (non-hydrogen) atoms. The number of aliphatic carboxylic acids is 1. The molecule has 6 heteroatoms. The van der Waals surface area contributed by atoms with Crippen molar-refractivity contribution in [1.29, 1.82) is 5.41 Å². The molecule has 68 valence electrons. The molecule has 0 rings (SSSR count). The Kier molecular flexibility index (Phi) is 5.11. The lowest BCUT2D eigenvalue weighted by Gasteiger charge is -2.06. The third-order valence-electron chi connectivity index (χ3n) is 1.40. The molecular formula is C6H14BN3O2. The first-order chi connectivity index (χ1) is 5.54. The van der Waals surface area contributed by atoms with E-state index in [0.29, 0.717) is 25.1 Å². The normalized spacial score (nSPS) is 12.1. The second-order valence-electron chi connectivity index (χ2n) is 2.64. The van der Waals surface area contributed by atoms with E-state index < -0.39 is 12.0 Å². The van der Waals surface area contributed by atoms with Crippen molar-refractivity contribution in [2.75, 3.05) is 6.54 Å². The molecule has 0 aliphatic heterocycles. The number of amidine groups is 1. The summed E-state index contributed by atoms with van der Waals surface area (Å²) in [7, 11) is 1.64. The minimum absolute atomic E-state index is 0.388. The molecule has 0 aromatic carbocycles. The SMILES string of the molecule is BC(=N)N[13CH2]CC[C@H](N)C(=O)O. The quantitative estimate of drug-likeness (QED) is 0.131. The molecular weight excluding hydrogens is 158 g/mol. The van der Waals surface area contributed by atoms with Gasteiger partial charge in [0, 0.05) is 12.3 Å². The Morgan fingerprint density at radius 2 is 2.33 bits per heavy atom. The summed E-state index contributed by atoms with van der Waals surface area (Å²) in [5.41, 5.74) is 5.64. The van der Waals surface area contributed by atoms with Gasteiger partial charge in [-0.1, -0.05) is 0 Å². The van der Waals surface area contributed by atoms with Crippen LogP contribution in [0.5, 0.6) is 0 Å². The number of carboxylic acid groups (broad SMARTS) is 1. The predicted molar refractivity (Wildman–Crippen MR) is 49.1 cm³/mol. The smallest absolute Gasteiger partial charge is 0.320 e. The highest BCUT2D eigenvalue weighted by Crippen LogP contribution is 1.92. The van der Waals surface area contributed by atoms with Crippen molar-refractivity contribution in [3.63, 3.8) is 0 Å². The predicted octanol–water partition coefficient (Wildman–Crippen LogP) is -1.66. The Bertz CT molecular complexity index is 174. The van der Waals surface area contributed by atoms with Gasteiger partial charge < -0.3 is 16.2 Å². The van der Waals surface area contributed by atoms with E-state index in [1.165, 1.54) is 0 Å². The molecule has 0 fully saturated rings. The summed E-state index contributed by atoms with van der Waals surface area (Å²) in [4.78, 5) is 10.2. The topological polar surface area (TPSA) is 99.2 Å². The van der Waals surface area contributed by atoms with Crippen LogP contribution in [-0.2, 0) is 4.79 Å². The van der Waals surface area contributed by atoms with E-state index in [2.05, 4.69) is 5.32 Å². The van der Waals surface area contributed by atoms with Gasteiger partial charge >= 0.3 is 5.97 Å². The number of rotatable bonds is 5. The molecule has 5 nitrogen and oxygen atoms in total. The lowest BCUT2D eigenvalue weighted by Crippen LogP contribution is -2.31. The van der Waals surface area contributed by atoms with Crippen LogP contribution in [0.1, 0.15) is 12.8 Å². The molecule has 5 N–H and O–H groups in total. The van der Waals surface area contributed by atoms with Gasteiger partial charge in [-0.05, 0) is 12.8 Å². The van der Waals surface area contributed by atoms with E-state index >= 15 is 0 Å². The fourth-order valence-corrected chi connectivity index (χ4v) is 0.721. The molecule has 0 radical (unpaired) electrons. The number of carbonyl (C=O) groups is 1. The zero-order valence-electron chi connectivity index (χ0n) is 7.13. The molecule has 0 spiro atoms. The Hall–Kier alpha value is -1.04. The molecule has 0 aliphatic carbocycles. The third kappa shape index (κ3) is 5.73. The second kappa shape index (κ2) is 5.59. The summed E-state index contributed by atoms with van der Waals surface area (Å²) in [5.74, 6) is -0.971. The van der Waals surface area contributed by atoms with E-state index in [1.54, 1.807) is 7.85 Å². The van der Waals surface area contributed by atoms with Crippen molar-refractivity contribution in [3.05, 3.63) is 0 Å². The van der Waals surface area contributed by atoms with Crippen LogP contribution < -0.4 is 11.1 Å². The second-order valence-corrected chi connectivity index (χ2v) is 2.64. The van der Waals surface area contributed by atoms with Crippen molar-refractivity contribution >= 4 is 19.6 Å². The van der Waals surface area contributed by atoms with Gasteiger partial charge in [0.15, 0.2) is 7.85 Å².